The Morgan fingerprint density at radius 3 is 2.43 bits per heavy atom. The molecular weight excluding hydrogens is 468 g/mol. The summed E-state index contributed by atoms with van der Waals surface area (Å²) in [5.74, 6) is 2.38. The lowest BCUT2D eigenvalue weighted by Gasteiger charge is -2.46. The van der Waals surface area contributed by atoms with E-state index < -0.39 is 0 Å². The summed E-state index contributed by atoms with van der Waals surface area (Å²) in [7, 11) is 3.49. The standard InChI is InChI=1S/C27H36N8O2/c1-19-26(36)31(2)14-15-33(19)16-20-17-34(18-20)23-6-4-21(5-7-23)22-10-12-32(13-11-22)25-9-8-24-28-29-27(37-3)35(24)30-25/h4-9,19-20,22H,10-18H2,1-3H3/t19-/m1/s1. The Hall–Kier alpha value is -3.40. The summed E-state index contributed by atoms with van der Waals surface area (Å²) < 4.78 is 6.92. The first-order valence-corrected chi connectivity index (χ1v) is 13.4. The van der Waals surface area contributed by atoms with Crippen molar-refractivity contribution in [3.63, 3.8) is 0 Å². The van der Waals surface area contributed by atoms with Crippen molar-refractivity contribution in [3.8, 4) is 6.01 Å². The number of nitrogens with zero attached hydrogens (tertiary/aromatic N) is 8. The summed E-state index contributed by atoms with van der Waals surface area (Å²) in [5, 5.41) is 12.8. The molecule has 196 valence electrons. The quantitative estimate of drug-likeness (QED) is 0.505. The Bertz CT molecular complexity index is 1250. The predicted molar refractivity (Wildman–Crippen MR) is 142 cm³/mol. The third-order valence-corrected chi connectivity index (χ3v) is 8.41. The lowest BCUT2D eigenvalue weighted by atomic mass is 9.89. The van der Waals surface area contributed by atoms with Gasteiger partial charge in [0.05, 0.1) is 13.2 Å². The zero-order chi connectivity index (χ0) is 25.5. The van der Waals surface area contributed by atoms with Crippen molar-refractivity contribution in [1.29, 1.82) is 0 Å². The van der Waals surface area contributed by atoms with Gasteiger partial charge in [-0.3, -0.25) is 9.69 Å². The number of anilines is 2. The molecule has 0 saturated carbocycles. The van der Waals surface area contributed by atoms with Gasteiger partial charge in [-0.15, -0.1) is 10.2 Å². The molecule has 0 aliphatic carbocycles. The number of rotatable bonds is 6. The number of hydrogen-bond acceptors (Lipinski definition) is 8. The molecule has 10 nitrogen and oxygen atoms in total. The molecule has 6 rings (SSSR count). The molecule has 5 heterocycles. The molecule has 3 aliphatic heterocycles. The highest BCUT2D eigenvalue weighted by Crippen LogP contribution is 2.33. The number of piperazine rings is 1. The summed E-state index contributed by atoms with van der Waals surface area (Å²) >= 11 is 0. The summed E-state index contributed by atoms with van der Waals surface area (Å²) in [5.41, 5.74) is 3.42. The highest BCUT2D eigenvalue weighted by molar-refractivity contribution is 5.82. The fourth-order valence-electron chi connectivity index (χ4n) is 5.99. The van der Waals surface area contributed by atoms with Crippen LogP contribution in [-0.4, -0.2) is 102 Å². The first-order valence-electron chi connectivity index (χ1n) is 13.4. The minimum Gasteiger partial charge on any atom is -0.466 e. The number of methoxy groups -OCH3 is 1. The van der Waals surface area contributed by atoms with Crippen molar-refractivity contribution in [3.05, 3.63) is 42.0 Å². The van der Waals surface area contributed by atoms with E-state index in [1.54, 1.807) is 11.6 Å². The van der Waals surface area contributed by atoms with Gasteiger partial charge in [-0.2, -0.15) is 4.52 Å². The van der Waals surface area contributed by atoms with Crippen LogP contribution in [0.15, 0.2) is 36.4 Å². The molecule has 0 spiro atoms. The summed E-state index contributed by atoms with van der Waals surface area (Å²) in [6.07, 6.45) is 2.21. The zero-order valence-corrected chi connectivity index (χ0v) is 22.0. The molecular formula is C27H36N8O2. The Morgan fingerprint density at radius 1 is 0.946 bits per heavy atom. The van der Waals surface area contributed by atoms with Crippen LogP contribution < -0.4 is 14.5 Å². The number of aromatic nitrogens is 4. The average molecular weight is 505 g/mol. The van der Waals surface area contributed by atoms with Gasteiger partial charge in [0, 0.05) is 64.5 Å². The number of piperidine rings is 1. The largest absolute Gasteiger partial charge is 0.466 e. The number of fused-ring (bicyclic) bond motifs is 1. The van der Waals surface area contributed by atoms with Gasteiger partial charge >= 0.3 is 6.01 Å². The van der Waals surface area contributed by atoms with Crippen LogP contribution in [0.5, 0.6) is 6.01 Å². The van der Waals surface area contributed by atoms with Crippen LogP contribution in [0.3, 0.4) is 0 Å². The maximum atomic E-state index is 12.3. The van der Waals surface area contributed by atoms with Crippen molar-refractivity contribution < 1.29 is 9.53 Å². The molecule has 1 atom stereocenters. The van der Waals surface area contributed by atoms with E-state index in [-0.39, 0.29) is 11.9 Å². The molecule has 3 saturated heterocycles. The van der Waals surface area contributed by atoms with Crippen molar-refractivity contribution >= 4 is 23.1 Å². The lowest BCUT2D eigenvalue weighted by molar-refractivity contribution is -0.139. The predicted octanol–water partition coefficient (Wildman–Crippen LogP) is 2.12. The van der Waals surface area contributed by atoms with Gasteiger partial charge in [-0.25, -0.2) is 0 Å². The van der Waals surface area contributed by atoms with Gasteiger partial charge in [0.25, 0.3) is 0 Å². The van der Waals surface area contributed by atoms with E-state index in [2.05, 4.69) is 49.2 Å². The number of carbonyl (C=O) groups is 1. The van der Waals surface area contributed by atoms with Gasteiger partial charge in [-0.05, 0) is 55.5 Å². The van der Waals surface area contributed by atoms with Crippen LogP contribution in [0.4, 0.5) is 11.5 Å². The molecule has 1 amide bonds. The lowest BCUT2D eigenvalue weighted by Crippen LogP contribution is -2.59. The van der Waals surface area contributed by atoms with Gasteiger partial charge < -0.3 is 19.4 Å². The van der Waals surface area contributed by atoms with E-state index in [0.29, 0.717) is 23.5 Å². The van der Waals surface area contributed by atoms with Crippen LogP contribution in [0.1, 0.15) is 31.2 Å². The number of carbonyl (C=O) groups excluding carboxylic acids is 1. The normalized spacial score (nSPS) is 22.1. The van der Waals surface area contributed by atoms with E-state index in [9.17, 15) is 4.79 Å². The topological polar surface area (TPSA) is 82.3 Å². The van der Waals surface area contributed by atoms with Crippen molar-refractivity contribution in [2.75, 3.05) is 69.8 Å². The van der Waals surface area contributed by atoms with E-state index in [1.807, 2.05) is 31.0 Å². The van der Waals surface area contributed by atoms with Crippen LogP contribution in [0.2, 0.25) is 0 Å². The molecule has 0 unspecified atom stereocenters. The smallest absolute Gasteiger partial charge is 0.338 e. The third-order valence-electron chi connectivity index (χ3n) is 8.41. The number of likely N-dealkylation sites (N-methyl/N-ethyl adjacent to an activating group) is 1. The number of ether oxygens (including phenoxy) is 1. The molecule has 37 heavy (non-hydrogen) atoms. The Balaban J connectivity index is 1.00. The van der Waals surface area contributed by atoms with E-state index >= 15 is 0 Å². The van der Waals surface area contributed by atoms with E-state index in [4.69, 9.17) is 9.84 Å². The molecule has 10 heteroatoms. The molecule has 1 aromatic carbocycles. The second kappa shape index (κ2) is 9.81. The van der Waals surface area contributed by atoms with Gasteiger partial charge in [0.15, 0.2) is 5.65 Å². The highest BCUT2D eigenvalue weighted by Gasteiger charge is 2.34. The fourth-order valence-corrected chi connectivity index (χ4v) is 5.99. The SMILES string of the molecule is COc1nnc2ccc(N3CCC(c4ccc(N5CC(CN6CCN(C)C(=O)[C@H]6C)C5)cc4)CC3)nn12. The second-order valence-corrected chi connectivity index (χ2v) is 10.7. The molecule has 3 fully saturated rings. The molecule has 2 aromatic heterocycles. The first-order chi connectivity index (χ1) is 18.0. The minimum absolute atomic E-state index is 0.00270. The minimum atomic E-state index is 0.00270. The molecule has 3 aromatic rings. The van der Waals surface area contributed by atoms with Crippen molar-refractivity contribution in [2.45, 2.75) is 31.7 Å². The van der Waals surface area contributed by atoms with Gasteiger partial charge in [-0.1, -0.05) is 17.2 Å². The van der Waals surface area contributed by atoms with Crippen molar-refractivity contribution in [1.82, 2.24) is 29.6 Å². The Kier molecular flexibility index (Phi) is 6.36. The number of hydrogen-bond donors (Lipinski definition) is 0. The zero-order valence-electron chi connectivity index (χ0n) is 22.0. The molecule has 0 bridgehead atoms. The van der Waals surface area contributed by atoms with E-state index in [0.717, 1.165) is 64.5 Å². The maximum Gasteiger partial charge on any atom is 0.338 e. The second-order valence-electron chi connectivity index (χ2n) is 10.7. The number of benzene rings is 1. The van der Waals surface area contributed by atoms with E-state index in [1.165, 1.54) is 11.3 Å². The van der Waals surface area contributed by atoms with Crippen LogP contribution in [-0.2, 0) is 4.79 Å². The summed E-state index contributed by atoms with van der Waals surface area (Å²) in [4.78, 5) is 21.3. The summed E-state index contributed by atoms with van der Waals surface area (Å²) in [6.45, 7) is 8.95. The molecule has 0 N–H and O–H groups in total. The molecule has 3 aliphatic rings. The van der Waals surface area contributed by atoms with Crippen molar-refractivity contribution in [2.24, 2.45) is 5.92 Å². The Morgan fingerprint density at radius 2 is 1.70 bits per heavy atom. The van der Waals surface area contributed by atoms with Gasteiger partial charge in [0.2, 0.25) is 5.91 Å². The average Bonchev–Trinajstić information content (AvgIpc) is 3.33. The number of amides is 1. The monoisotopic (exact) mass is 504 g/mol. The Labute approximate surface area is 217 Å². The highest BCUT2D eigenvalue weighted by atomic mass is 16.5. The fraction of sp³-hybridized carbons (Fsp3) is 0.556. The summed E-state index contributed by atoms with van der Waals surface area (Å²) in [6, 6.07) is 13.6. The van der Waals surface area contributed by atoms with Crippen LogP contribution >= 0.6 is 0 Å². The maximum absolute atomic E-state index is 12.3. The van der Waals surface area contributed by atoms with Crippen LogP contribution in [0, 0.1) is 5.92 Å². The third kappa shape index (κ3) is 4.58. The van der Waals surface area contributed by atoms with Crippen LogP contribution in [0.25, 0.3) is 5.65 Å². The van der Waals surface area contributed by atoms with Gasteiger partial charge in [0.1, 0.15) is 5.82 Å². The first kappa shape index (κ1) is 24.0. The molecule has 0 radical (unpaired) electrons.